The van der Waals surface area contributed by atoms with Gasteiger partial charge in [0.05, 0.1) is 12.5 Å². The topological polar surface area (TPSA) is 132 Å². The molecule has 0 aromatic heterocycles. The summed E-state index contributed by atoms with van der Waals surface area (Å²) in [6.07, 6.45) is 4.74. The number of esters is 1. The van der Waals surface area contributed by atoms with E-state index in [-0.39, 0.29) is 42.0 Å². The van der Waals surface area contributed by atoms with E-state index in [1.54, 1.807) is 4.90 Å². The number of hydrogen-bond donors (Lipinski definition) is 2. The van der Waals surface area contributed by atoms with Crippen LogP contribution >= 0.6 is 0 Å². The van der Waals surface area contributed by atoms with E-state index >= 15 is 0 Å². The highest BCUT2D eigenvalue weighted by Gasteiger charge is 2.37. The Bertz CT molecular complexity index is 1570. The van der Waals surface area contributed by atoms with E-state index < -0.39 is 12.2 Å². The molecule has 52 heavy (non-hydrogen) atoms. The quantitative estimate of drug-likeness (QED) is 0.336. The number of phenolic OH excluding ortho intramolecular Hbond substituents is 1. The van der Waals surface area contributed by atoms with Crippen LogP contribution in [0, 0.1) is 19.8 Å². The number of hydrogen-bond acceptors (Lipinski definition) is 8. The van der Waals surface area contributed by atoms with Crippen molar-refractivity contribution in [2.24, 2.45) is 5.92 Å². The van der Waals surface area contributed by atoms with Gasteiger partial charge >= 0.3 is 18.1 Å². The summed E-state index contributed by atoms with van der Waals surface area (Å²) < 4.78 is 11.5. The number of ether oxygens (including phenoxy) is 2. The average molecular weight is 718 g/mol. The Morgan fingerprint density at radius 2 is 1.50 bits per heavy atom. The number of benzene rings is 2. The fourth-order valence-electron chi connectivity index (χ4n) is 8.33. The van der Waals surface area contributed by atoms with Crippen LogP contribution in [0.25, 0.3) is 0 Å². The third-order valence-electron chi connectivity index (χ3n) is 11.4. The molecule has 0 bridgehead atoms. The Hall–Kier alpha value is -4.32. The van der Waals surface area contributed by atoms with Crippen LogP contribution in [0.15, 0.2) is 36.4 Å². The van der Waals surface area contributed by atoms with E-state index in [0.717, 1.165) is 68.4 Å². The number of urea groups is 1. The molecule has 3 fully saturated rings. The molecule has 12 nitrogen and oxygen atoms in total. The molecule has 12 heteroatoms. The van der Waals surface area contributed by atoms with Gasteiger partial charge in [-0.3, -0.25) is 9.59 Å². The number of carbonyl (C=O) groups is 4. The normalized spacial score (nSPS) is 20.1. The number of nitrogens with one attached hydrogen (secondary N) is 1. The fourth-order valence-corrected chi connectivity index (χ4v) is 8.33. The van der Waals surface area contributed by atoms with Crippen molar-refractivity contribution in [1.82, 2.24) is 19.6 Å². The smallest absolute Gasteiger partial charge is 0.410 e. The van der Waals surface area contributed by atoms with E-state index in [0.29, 0.717) is 69.3 Å². The lowest BCUT2D eigenvalue weighted by Gasteiger charge is -2.42. The third-order valence-corrected chi connectivity index (χ3v) is 11.4. The number of amides is 4. The average Bonchev–Trinajstić information content (AvgIpc) is 3.33. The minimum Gasteiger partial charge on any atom is -0.507 e. The number of fused-ring (bicyclic) bond motifs is 1. The lowest BCUT2D eigenvalue weighted by molar-refractivity contribution is -0.151. The molecule has 1 atom stereocenters. The van der Waals surface area contributed by atoms with Gasteiger partial charge in [-0.05, 0) is 107 Å². The Kier molecular flexibility index (Phi) is 12.2. The fraction of sp³-hybridized carbons (Fsp3) is 0.600. The van der Waals surface area contributed by atoms with Crippen LogP contribution < -0.4 is 5.32 Å². The Morgan fingerprint density at radius 3 is 2.17 bits per heavy atom. The number of aromatic hydroxyl groups is 1. The zero-order valence-electron chi connectivity index (χ0n) is 31.0. The highest BCUT2D eigenvalue weighted by atomic mass is 16.6. The van der Waals surface area contributed by atoms with Crippen LogP contribution in [-0.4, -0.2) is 119 Å². The number of piperidine rings is 3. The number of phenols is 1. The largest absolute Gasteiger partial charge is 0.507 e. The van der Waals surface area contributed by atoms with Crippen LogP contribution in [0.1, 0.15) is 74.1 Å². The molecule has 0 radical (unpaired) electrons. The maximum atomic E-state index is 14.1. The SMILES string of the molecule is CCCOC(=O)C1CCN(C2CCN(C(=O)[C@@H](Cc3cc(C)c(O)c(C)c3)OC(=O)N3CCC(N4CCc5ccccc5NC4=O)CC3)CC2)CC1. The minimum absolute atomic E-state index is 0.000651. The predicted molar refractivity (Wildman–Crippen MR) is 197 cm³/mol. The van der Waals surface area contributed by atoms with Gasteiger partial charge < -0.3 is 39.5 Å². The van der Waals surface area contributed by atoms with Crippen LogP contribution in [-0.2, 0) is 31.9 Å². The summed E-state index contributed by atoms with van der Waals surface area (Å²) in [6.45, 7) is 10.4. The minimum atomic E-state index is -1.01. The molecule has 0 aliphatic carbocycles. The van der Waals surface area contributed by atoms with Gasteiger partial charge in [-0.2, -0.15) is 0 Å². The lowest BCUT2D eigenvalue weighted by Crippen LogP contribution is -2.53. The molecule has 2 aromatic carbocycles. The summed E-state index contributed by atoms with van der Waals surface area (Å²) in [5, 5.41) is 13.4. The number of para-hydroxylation sites is 1. The summed E-state index contributed by atoms with van der Waals surface area (Å²) in [5.41, 5.74) is 4.20. The highest BCUT2D eigenvalue weighted by molar-refractivity contribution is 5.91. The molecule has 4 amide bonds. The molecule has 282 valence electrons. The monoisotopic (exact) mass is 717 g/mol. The molecule has 2 aromatic rings. The second-order valence-electron chi connectivity index (χ2n) is 14.9. The van der Waals surface area contributed by atoms with Crippen molar-refractivity contribution in [3.05, 3.63) is 58.7 Å². The number of nitrogens with zero attached hydrogens (tertiary/aromatic N) is 4. The maximum Gasteiger partial charge on any atom is 0.410 e. The Morgan fingerprint density at radius 1 is 0.865 bits per heavy atom. The molecule has 3 saturated heterocycles. The molecule has 6 rings (SSSR count). The molecular weight excluding hydrogens is 662 g/mol. The number of carbonyl (C=O) groups excluding carboxylic acids is 4. The molecule has 4 aliphatic rings. The number of anilines is 1. The zero-order valence-corrected chi connectivity index (χ0v) is 31.0. The van der Waals surface area contributed by atoms with E-state index in [2.05, 4.69) is 10.2 Å². The van der Waals surface area contributed by atoms with Gasteiger partial charge in [-0.1, -0.05) is 37.3 Å². The van der Waals surface area contributed by atoms with Gasteiger partial charge in [0.25, 0.3) is 5.91 Å². The van der Waals surface area contributed by atoms with Crippen molar-refractivity contribution in [1.29, 1.82) is 0 Å². The molecule has 0 spiro atoms. The number of rotatable bonds is 9. The summed E-state index contributed by atoms with van der Waals surface area (Å²) in [5.74, 6) is -0.104. The molecular formula is C40H55N5O7. The first-order chi connectivity index (χ1) is 25.1. The number of likely N-dealkylation sites (tertiary alicyclic amines) is 3. The van der Waals surface area contributed by atoms with Crippen molar-refractivity contribution >= 4 is 29.7 Å². The van der Waals surface area contributed by atoms with Crippen LogP contribution in [0.2, 0.25) is 0 Å². The van der Waals surface area contributed by atoms with Crippen molar-refractivity contribution in [3.63, 3.8) is 0 Å². The summed E-state index contributed by atoms with van der Waals surface area (Å²) in [7, 11) is 0. The first-order valence-corrected chi connectivity index (χ1v) is 19.2. The van der Waals surface area contributed by atoms with Crippen LogP contribution in [0.4, 0.5) is 15.3 Å². The van der Waals surface area contributed by atoms with Crippen LogP contribution in [0.3, 0.4) is 0 Å². The summed E-state index contributed by atoms with van der Waals surface area (Å²) in [4.78, 5) is 61.1. The van der Waals surface area contributed by atoms with E-state index in [4.69, 9.17) is 9.47 Å². The number of aryl methyl sites for hydroxylation is 2. The van der Waals surface area contributed by atoms with Crippen molar-refractivity contribution in [2.75, 3.05) is 57.7 Å². The lowest BCUT2D eigenvalue weighted by atomic mass is 9.93. The van der Waals surface area contributed by atoms with Gasteiger partial charge in [0.15, 0.2) is 6.10 Å². The highest BCUT2D eigenvalue weighted by Crippen LogP contribution is 2.29. The van der Waals surface area contributed by atoms with Gasteiger partial charge in [0.1, 0.15) is 5.75 Å². The molecule has 4 heterocycles. The summed E-state index contributed by atoms with van der Waals surface area (Å²) >= 11 is 0. The van der Waals surface area contributed by atoms with Crippen molar-refractivity contribution in [3.8, 4) is 5.75 Å². The van der Waals surface area contributed by atoms with Gasteiger partial charge in [-0.25, -0.2) is 9.59 Å². The third kappa shape index (κ3) is 8.82. The summed E-state index contributed by atoms with van der Waals surface area (Å²) in [6, 6.07) is 11.8. The Balaban J connectivity index is 1.05. The zero-order chi connectivity index (χ0) is 36.8. The molecule has 4 aliphatic heterocycles. The maximum absolute atomic E-state index is 14.1. The molecule has 0 unspecified atom stereocenters. The molecule has 0 saturated carbocycles. The van der Waals surface area contributed by atoms with Gasteiger partial charge in [-0.15, -0.1) is 0 Å². The van der Waals surface area contributed by atoms with E-state index in [1.807, 2.05) is 67.0 Å². The second-order valence-corrected chi connectivity index (χ2v) is 14.9. The van der Waals surface area contributed by atoms with E-state index in [9.17, 15) is 24.3 Å². The first-order valence-electron chi connectivity index (χ1n) is 19.2. The second kappa shape index (κ2) is 17.0. The van der Waals surface area contributed by atoms with Crippen molar-refractivity contribution in [2.45, 2.75) is 96.7 Å². The van der Waals surface area contributed by atoms with E-state index in [1.165, 1.54) is 0 Å². The standard InChI is InChI=1S/C40H55N5O7/c1-4-23-51-38(48)31-9-16-42(17-10-31)32-12-18-43(19-13-32)37(47)35(26-29-24-27(2)36(46)28(3)25-29)52-40(50)44-20-14-33(15-21-44)45-22-11-30-7-5-6-8-34(30)41-39(45)49/h5-8,24-25,31-33,35,46H,4,9-23,26H2,1-3H3,(H,41,49)/t35-/m1/s1. The molecule has 2 N–H and O–H groups in total. The predicted octanol–water partition coefficient (Wildman–Crippen LogP) is 5.27. The Labute approximate surface area is 307 Å². The van der Waals surface area contributed by atoms with Gasteiger partial charge in [0.2, 0.25) is 0 Å². The van der Waals surface area contributed by atoms with Gasteiger partial charge in [0, 0.05) is 56.9 Å². The van der Waals surface area contributed by atoms with Crippen LogP contribution in [0.5, 0.6) is 5.75 Å². The van der Waals surface area contributed by atoms with Crippen molar-refractivity contribution < 1.29 is 33.8 Å². The first kappa shape index (κ1) is 37.4.